The number of carbonyl (C=O) groups is 1. The number of hydrogen-bond donors (Lipinski definition) is 1. The Morgan fingerprint density at radius 3 is 2.38 bits per heavy atom. The van der Waals surface area contributed by atoms with Crippen molar-refractivity contribution in [1.29, 1.82) is 0 Å². The number of ether oxygens (including phenoxy) is 3. The van der Waals surface area contributed by atoms with Gasteiger partial charge in [0.05, 0.1) is 13.0 Å². The molecule has 6 heteroatoms. The van der Waals surface area contributed by atoms with Crippen LogP contribution in [-0.4, -0.2) is 36.0 Å². The molecule has 0 aromatic rings. The standard InChI is InChI=1S/C10H20NO5/c1-7(14-6-5-9(11)12)15-8(2)16-10(3,4)13/h7-8,11,13H,5-6H2,1-4H3. The summed E-state index contributed by atoms with van der Waals surface area (Å²) in [5, 5.41) is 9.34. The fourth-order valence-electron chi connectivity index (χ4n) is 1.06. The van der Waals surface area contributed by atoms with E-state index in [0.717, 1.165) is 0 Å². The summed E-state index contributed by atoms with van der Waals surface area (Å²) in [6, 6.07) is 0. The van der Waals surface area contributed by atoms with Crippen molar-refractivity contribution >= 4 is 5.91 Å². The molecular formula is C10H20NO5. The monoisotopic (exact) mass is 234 g/mol. The van der Waals surface area contributed by atoms with Crippen LogP contribution >= 0.6 is 0 Å². The van der Waals surface area contributed by atoms with Crippen LogP contribution in [0.25, 0.3) is 0 Å². The van der Waals surface area contributed by atoms with Gasteiger partial charge in [-0.25, -0.2) is 0 Å². The van der Waals surface area contributed by atoms with Crippen molar-refractivity contribution in [2.45, 2.75) is 52.5 Å². The van der Waals surface area contributed by atoms with Gasteiger partial charge in [0.2, 0.25) is 5.91 Å². The molecule has 0 aliphatic rings. The van der Waals surface area contributed by atoms with E-state index in [1.165, 1.54) is 13.8 Å². The average molecular weight is 234 g/mol. The van der Waals surface area contributed by atoms with Crippen LogP contribution in [0.2, 0.25) is 0 Å². The van der Waals surface area contributed by atoms with E-state index in [1.54, 1.807) is 13.8 Å². The molecule has 0 fully saturated rings. The highest BCUT2D eigenvalue weighted by Gasteiger charge is 2.19. The lowest BCUT2D eigenvalue weighted by molar-refractivity contribution is -0.304. The first-order valence-electron chi connectivity index (χ1n) is 5.12. The summed E-state index contributed by atoms with van der Waals surface area (Å²) < 4.78 is 15.4. The lowest BCUT2D eigenvalue weighted by Gasteiger charge is -2.25. The zero-order chi connectivity index (χ0) is 12.8. The van der Waals surface area contributed by atoms with Crippen LogP contribution in [-0.2, 0) is 19.0 Å². The van der Waals surface area contributed by atoms with Crippen LogP contribution in [0.5, 0.6) is 0 Å². The van der Waals surface area contributed by atoms with Crippen LogP contribution in [0, 0.1) is 0 Å². The molecule has 2 N–H and O–H groups in total. The molecule has 16 heavy (non-hydrogen) atoms. The average Bonchev–Trinajstić information content (AvgIpc) is 1.98. The Morgan fingerprint density at radius 2 is 1.94 bits per heavy atom. The Morgan fingerprint density at radius 1 is 1.38 bits per heavy atom. The quantitative estimate of drug-likeness (QED) is 0.623. The molecule has 6 nitrogen and oxygen atoms in total. The molecule has 0 aromatic heterocycles. The van der Waals surface area contributed by atoms with Gasteiger partial charge in [-0.2, -0.15) is 0 Å². The zero-order valence-electron chi connectivity index (χ0n) is 10.1. The fraction of sp³-hybridized carbons (Fsp3) is 0.900. The number of nitrogens with one attached hydrogen (secondary N) is 1. The number of amides is 1. The molecule has 0 aliphatic heterocycles. The summed E-state index contributed by atoms with van der Waals surface area (Å²) in [5.74, 6) is -1.94. The van der Waals surface area contributed by atoms with Gasteiger partial charge in [0.15, 0.2) is 18.4 Å². The van der Waals surface area contributed by atoms with Crippen molar-refractivity contribution in [2.75, 3.05) is 6.61 Å². The van der Waals surface area contributed by atoms with Gasteiger partial charge in [-0.15, -0.1) is 0 Å². The minimum absolute atomic E-state index is 0.0361. The van der Waals surface area contributed by atoms with Crippen LogP contribution in [0.1, 0.15) is 34.1 Å². The first-order chi connectivity index (χ1) is 7.20. The van der Waals surface area contributed by atoms with Gasteiger partial charge in [0, 0.05) is 0 Å². The van der Waals surface area contributed by atoms with Gasteiger partial charge in [0.25, 0.3) is 0 Å². The number of aliphatic hydroxyl groups is 1. The zero-order valence-corrected chi connectivity index (χ0v) is 10.1. The fourth-order valence-corrected chi connectivity index (χ4v) is 1.06. The maximum atomic E-state index is 10.3. The maximum absolute atomic E-state index is 10.3. The third kappa shape index (κ3) is 9.85. The molecule has 1 radical (unpaired) electrons. The molecular weight excluding hydrogens is 214 g/mol. The first kappa shape index (κ1) is 15.3. The molecule has 2 unspecified atom stereocenters. The van der Waals surface area contributed by atoms with E-state index in [4.69, 9.17) is 19.9 Å². The predicted octanol–water partition coefficient (Wildman–Crippen LogP) is 0.656. The van der Waals surface area contributed by atoms with Crippen molar-refractivity contribution in [3.8, 4) is 0 Å². The van der Waals surface area contributed by atoms with Gasteiger partial charge in [0.1, 0.15) is 0 Å². The summed E-state index contributed by atoms with van der Waals surface area (Å²) in [7, 11) is 0. The molecule has 0 spiro atoms. The molecule has 0 heterocycles. The Kier molecular flexibility index (Phi) is 6.51. The van der Waals surface area contributed by atoms with Crippen molar-refractivity contribution in [3.63, 3.8) is 0 Å². The SMILES string of the molecule is CC(OCCC([NH])=O)OC(C)OC(C)(C)O. The maximum Gasteiger partial charge on any atom is 0.240 e. The molecule has 0 aromatic carbocycles. The smallest absolute Gasteiger partial charge is 0.240 e. The second kappa shape index (κ2) is 6.80. The minimum Gasteiger partial charge on any atom is -0.366 e. The summed E-state index contributed by atoms with van der Waals surface area (Å²) in [6.45, 7) is 6.42. The van der Waals surface area contributed by atoms with E-state index < -0.39 is 24.3 Å². The Bertz CT molecular complexity index is 214. The van der Waals surface area contributed by atoms with E-state index in [9.17, 15) is 9.90 Å². The van der Waals surface area contributed by atoms with Crippen LogP contribution in [0.15, 0.2) is 0 Å². The predicted molar refractivity (Wildman–Crippen MR) is 56.1 cm³/mol. The minimum atomic E-state index is -1.27. The Labute approximate surface area is 95.7 Å². The van der Waals surface area contributed by atoms with E-state index in [0.29, 0.717) is 0 Å². The lowest BCUT2D eigenvalue weighted by Crippen LogP contribution is -2.32. The number of hydrogen-bond acceptors (Lipinski definition) is 5. The third-order valence-corrected chi connectivity index (χ3v) is 1.52. The Hall–Kier alpha value is -0.690. The lowest BCUT2D eigenvalue weighted by atomic mass is 10.4. The van der Waals surface area contributed by atoms with Gasteiger partial charge >= 0.3 is 0 Å². The molecule has 95 valence electrons. The van der Waals surface area contributed by atoms with Gasteiger partial charge < -0.3 is 19.3 Å². The van der Waals surface area contributed by atoms with Crippen LogP contribution in [0.3, 0.4) is 0 Å². The van der Waals surface area contributed by atoms with E-state index in [1.807, 2.05) is 0 Å². The Balaban J connectivity index is 3.70. The van der Waals surface area contributed by atoms with Crippen LogP contribution in [0.4, 0.5) is 0 Å². The van der Waals surface area contributed by atoms with Gasteiger partial charge in [-0.1, -0.05) is 0 Å². The van der Waals surface area contributed by atoms with E-state index in [-0.39, 0.29) is 13.0 Å². The van der Waals surface area contributed by atoms with E-state index >= 15 is 0 Å². The summed E-state index contributed by atoms with van der Waals surface area (Å²) in [5.41, 5.74) is 6.66. The molecule has 1 amide bonds. The molecule has 0 rings (SSSR count). The van der Waals surface area contributed by atoms with Gasteiger partial charge in [-0.05, 0) is 27.7 Å². The third-order valence-electron chi connectivity index (χ3n) is 1.52. The van der Waals surface area contributed by atoms with Crippen molar-refractivity contribution < 1.29 is 24.1 Å². The highest BCUT2D eigenvalue weighted by atomic mass is 16.8. The second-order valence-corrected chi connectivity index (χ2v) is 3.88. The highest BCUT2D eigenvalue weighted by molar-refractivity contribution is 5.72. The molecule has 0 saturated carbocycles. The first-order valence-corrected chi connectivity index (χ1v) is 5.12. The van der Waals surface area contributed by atoms with Crippen molar-refractivity contribution in [2.24, 2.45) is 0 Å². The topological polar surface area (TPSA) is 88.8 Å². The molecule has 0 bridgehead atoms. The second-order valence-electron chi connectivity index (χ2n) is 3.88. The molecule has 0 saturated heterocycles. The molecule has 0 aliphatic carbocycles. The summed E-state index contributed by atoms with van der Waals surface area (Å²) in [4.78, 5) is 10.3. The van der Waals surface area contributed by atoms with E-state index in [2.05, 4.69) is 0 Å². The number of rotatable bonds is 8. The van der Waals surface area contributed by atoms with Crippen LogP contribution < -0.4 is 5.73 Å². The molecule has 2 atom stereocenters. The van der Waals surface area contributed by atoms with Gasteiger partial charge in [-0.3, -0.25) is 10.5 Å². The van der Waals surface area contributed by atoms with Crippen molar-refractivity contribution in [3.05, 3.63) is 0 Å². The van der Waals surface area contributed by atoms with Crippen molar-refractivity contribution in [1.82, 2.24) is 5.73 Å². The normalized spacial score (nSPS) is 15.8. The largest absolute Gasteiger partial charge is 0.366 e. The summed E-state index contributed by atoms with van der Waals surface area (Å²) >= 11 is 0. The highest BCUT2D eigenvalue weighted by Crippen LogP contribution is 2.10. The summed E-state index contributed by atoms with van der Waals surface area (Å²) in [6.07, 6.45) is -1.15. The number of carbonyl (C=O) groups excluding carboxylic acids is 1.